The second kappa shape index (κ2) is 8.28. The number of hydroxylamine groups is 2. The van der Waals surface area contributed by atoms with Gasteiger partial charge in [0.05, 0.1) is 24.6 Å². The molecule has 1 amide bonds. The molecule has 2 aromatic rings. The lowest BCUT2D eigenvalue weighted by molar-refractivity contribution is -0.0758. The molecule has 1 aromatic heterocycles. The number of aromatic nitrogens is 2. The summed E-state index contributed by atoms with van der Waals surface area (Å²) in [7, 11) is 2.98. The number of nitrogens with zero attached hydrogens (tertiary/aromatic N) is 3. The normalized spacial score (nSPS) is 17.3. The van der Waals surface area contributed by atoms with Crippen LogP contribution in [0.2, 0.25) is 0 Å². The molecule has 1 aromatic carbocycles. The summed E-state index contributed by atoms with van der Waals surface area (Å²) in [4.78, 5) is 17.7. The maximum absolute atomic E-state index is 13.4. The molecule has 140 valence electrons. The van der Waals surface area contributed by atoms with E-state index in [-0.39, 0.29) is 18.0 Å². The predicted octanol–water partition coefficient (Wildman–Crippen LogP) is 3.71. The van der Waals surface area contributed by atoms with E-state index in [1.165, 1.54) is 19.2 Å². The Morgan fingerprint density at radius 1 is 1.50 bits per heavy atom. The summed E-state index contributed by atoms with van der Waals surface area (Å²) in [5.41, 5.74) is 2.02. The van der Waals surface area contributed by atoms with Gasteiger partial charge >= 0.3 is 0 Å². The summed E-state index contributed by atoms with van der Waals surface area (Å²) in [6.07, 6.45) is 4.67. The SMILES string of the molecule is CON(C)C(=O)c1cnn(C2CCCCO2)c1Cc1ccc(F)cc1Br. The fraction of sp³-hybridized carbons (Fsp3) is 0.444. The predicted molar refractivity (Wildman–Crippen MR) is 97.1 cm³/mol. The second-order valence-electron chi connectivity index (χ2n) is 6.17. The van der Waals surface area contributed by atoms with Gasteiger partial charge in [-0.15, -0.1) is 0 Å². The third-order valence-corrected chi connectivity index (χ3v) is 5.23. The highest BCUT2D eigenvalue weighted by Crippen LogP contribution is 2.28. The lowest BCUT2D eigenvalue weighted by Gasteiger charge is -2.25. The van der Waals surface area contributed by atoms with Crippen LogP contribution in [0.3, 0.4) is 0 Å². The van der Waals surface area contributed by atoms with E-state index in [2.05, 4.69) is 21.0 Å². The molecule has 0 bridgehead atoms. The van der Waals surface area contributed by atoms with E-state index in [1.807, 2.05) is 0 Å². The van der Waals surface area contributed by atoms with Gasteiger partial charge in [-0.3, -0.25) is 9.63 Å². The quantitative estimate of drug-likeness (QED) is 0.685. The molecule has 0 saturated carbocycles. The summed E-state index contributed by atoms with van der Waals surface area (Å²) in [6, 6.07) is 4.52. The maximum Gasteiger partial charge on any atom is 0.280 e. The first-order chi connectivity index (χ1) is 12.5. The van der Waals surface area contributed by atoms with Gasteiger partial charge in [0.1, 0.15) is 12.0 Å². The summed E-state index contributed by atoms with van der Waals surface area (Å²) in [5.74, 6) is -0.608. The monoisotopic (exact) mass is 425 g/mol. The van der Waals surface area contributed by atoms with Crippen LogP contribution >= 0.6 is 15.9 Å². The zero-order valence-corrected chi connectivity index (χ0v) is 16.3. The van der Waals surface area contributed by atoms with Gasteiger partial charge in [0.15, 0.2) is 0 Å². The Bertz CT molecular complexity index is 790. The first kappa shape index (κ1) is 19.0. The Morgan fingerprint density at radius 3 is 2.96 bits per heavy atom. The smallest absolute Gasteiger partial charge is 0.280 e. The van der Waals surface area contributed by atoms with Gasteiger partial charge in [-0.1, -0.05) is 22.0 Å². The second-order valence-corrected chi connectivity index (χ2v) is 7.02. The van der Waals surface area contributed by atoms with Crippen molar-refractivity contribution >= 4 is 21.8 Å². The highest BCUT2D eigenvalue weighted by atomic mass is 79.9. The van der Waals surface area contributed by atoms with Gasteiger partial charge in [0, 0.05) is 24.5 Å². The molecule has 1 atom stereocenters. The largest absolute Gasteiger partial charge is 0.357 e. The Hall–Kier alpha value is -1.77. The van der Waals surface area contributed by atoms with Crippen molar-refractivity contribution in [2.45, 2.75) is 31.9 Å². The molecule has 1 saturated heterocycles. The molecule has 26 heavy (non-hydrogen) atoms. The van der Waals surface area contributed by atoms with Gasteiger partial charge in [-0.2, -0.15) is 5.10 Å². The third-order valence-electron chi connectivity index (χ3n) is 4.49. The van der Waals surface area contributed by atoms with Crippen LogP contribution in [-0.2, 0) is 16.0 Å². The van der Waals surface area contributed by atoms with Crippen molar-refractivity contribution in [2.24, 2.45) is 0 Å². The van der Waals surface area contributed by atoms with Gasteiger partial charge in [0.2, 0.25) is 0 Å². The zero-order valence-electron chi connectivity index (χ0n) is 14.7. The fourth-order valence-electron chi connectivity index (χ4n) is 3.01. The Kier molecular flexibility index (Phi) is 6.05. The van der Waals surface area contributed by atoms with Crippen LogP contribution in [0.1, 0.15) is 47.1 Å². The maximum atomic E-state index is 13.4. The van der Waals surface area contributed by atoms with Gasteiger partial charge in [-0.25, -0.2) is 14.1 Å². The van der Waals surface area contributed by atoms with Crippen molar-refractivity contribution in [3.63, 3.8) is 0 Å². The molecule has 0 radical (unpaired) electrons. The van der Waals surface area contributed by atoms with Crippen LogP contribution < -0.4 is 0 Å². The third kappa shape index (κ3) is 3.97. The molecular formula is C18H21BrFN3O3. The summed E-state index contributed by atoms with van der Waals surface area (Å²) in [5, 5.41) is 5.58. The van der Waals surface area contributed by atoms with Crippen molar-refractivity contribution in [1.82, 2.24) is 14.8 Å². The molecule has 8 heteroatoms. The van der Waals surface area contributed by atoms with Crippen molar-refractivity contribution in [2.75, 3.05) is 20.8 Å². The van der Waals surface area contributed by atoms with E-state index in [4.69, 9.17) is 9.57 Å². The number of ether oxygens (including phenoxy) is 1. The molecular weight excluding hydrogens is 405 g/mol. The highest BCUT2D eigenvalue weighted by Gasteiger charge is 2.26. The number of halogens is 2. The van der Waals surface area contributed by atoms with Crippen LogP contribution in [0, 0.1) is 5.82 Å². The fourth-order valence-corrected chi connectivity index (χ4v) is 3.50. The summed E-state index contributed by atoms with van der Waals surface area (Å²) >= 11 is 3.40. The van der Waals surface area contributed by atoms with Crippen molar-refractivity contribution in [3.8, 4) is 0 Å². The average Bonchev–Trinajstić information content (AvgIpc) is 3.07. The van der Waals surface area contributed by atoms with Crippen LogP contribution in [0.15, 0.2) is 28.9 Å². The minimum absolute atomic E-state index is 0.202. The van der Waals surface area contributed by atoms with Crippen LogP contribution in [0.25, 0.3) is 0 Å². The molecule has 1 aliphatic rings. The van der Waals surface area contributed by atoms with E-state index >= 15 is 0 Å². The Morgan fingerprint density at radius 2 is 2.31 bits per heavy atom. The van der Waals surface area contributed by atoms with Crippen molar-refractivity contribution in [1.29, 1.82) is 0 Å². The molecule has 1 aliphatic heterocycles. The Balaban J connectivity index is 2.00. The number of hydrogen-bond donors (Lipinski definition) is 0. The van der Waals surface area contributed by atoms with Crippen LogP contribution in [0.5, 0.6) is 0 Å². The molecule has 0 N–H and O–H groups in total. The Labute approximate surface area is 160 Å². The van der Waals surface area contributed by atoms with E-state index in [9.17, 15) is 9.18 Å². The number of amides is 1. The number of carbonyl (C=O) groups excluding carboxylic acids is 1. The van der Waals surface area contributed by atoms with E-state index in [1.54, 1.807) is 24.0 Å². The number of carbonyl (C=O) groups is 1. The number of hydrogen-bond acceptors (Lipinski definition) is 4. The molecule has 2 heterocycles. The lowest BCUT2D eigenvalue weighted by atomic mass is 10.1. The van der Waals surface area contributed by atoms with Crippen LogP contribution in [-0.4, -0.2) is 41.5 Å². The first-order valence-corrected chi connectivity index (χ1v) is 9.24. The number of rotatable bonds is 5. The zero-order chi connectivity index (χ0) is 18.7. The summed E-state index contributed by atoms with van der Waals surface area (Å²) < 4.78 is 21.7. The van der Waals surface area contributed by atoms with Crippen LogP contribution in [0.4, 0.5) is 4.39 Å². The lowest BCUT2D eigenvalue weighted by Crippen LogP contribution is -2.27. The molecule has 0 spiro atoms. The minimum Gasteiger partial charge on any atom is -0.357 e. The average molecular weight is 426 g/mol. The molecule has 1 fully saturated rings. The van der Waals surface area contributed by atoms with Crippen molar-refractivity contribution < 1.29 is 18.8 Å². The minimum atomic E-state index is -0.319. The van der Waals surface area contributed by atoms with Crippen molar-refractivity contribution in [3.05, 3.63) is 51.5 Å². The number of benzene rings is 1. The highest BCUT2D eigenvalue weighted by molar-refractivity contribution is 9.10. The molecule has 6 nitrogen and oxygen atoms in total. The molecule has 1 unspecified atom stereocenters. The van der Waals surface area contributed by atoms with Gasteiger partial charge in [-0.05, 0) is 37.0 Å². The summed E-state index contributed by atoms with van der Waals surface area (Å²) in [6.45, 7) is 0.672. The van der Waals surface area contributed by atoms with E-state index in [0.717, 1.165) is 35.6 Å². The van der Waals surface area contributed by atoms with Gasteiger partial charge < -0.3 is 4.74 Å². The van der Waals surface area contributed by atoms with Gasteiger partial charge in [0.25, 0.3) is 5.91 Å². The molecule has 3 rings (SSSR count). The first-order valence-electron chi connectivity index (χ1n) is 8.45. The van der Waals surface area contributed by atoms with E-state index < -0.39 is 0 Å². The molecule has 0 aliphatic carbocycles. The standard InChI is InChI=1S/C18H21BrFN3O3/c1-22(25-2)18(24)14-11-21-23(17-5-3-4-8-26-17)16(14)9-12-6-7-13(20)10-15(12)19/h6-7,10-11,17H,3-5,8-9H2,1-2H3. The topological polar surface area (TPSA) is 56.6 Å². The van der Waals surface area contributed by atoms with E-state index in [0.29, 0.717) is 23.1 Å².